The lowest BCUT2D eigenvalue weighted by molar-refractivity contribution is 0.669. The first-order chi connectivity index (χ1) is 22.3. The molecule has 0 fully saturated rings. The van der Waals surface area contributed by atoms with Crippen molar-refractivity contribution in [3.8, 4) is 44.5 Å². The van der Waals surface area contributed by atoms with Crippen LogP contribution in [0.2, 0.25) is 0 Å². The summed E-state index contributed by atoms with van der Waals surface area (Å²) in [6.07, 6.45) is 0. The minimum atomic E-state index is 0.916. The maximum atomic E-state index is 6.17. The molecule has 0 radical (unpaired) electrons. The van der Waals surface area contributed by atoms with E-state index in [-0.39, 0.29) is 0 Å². The van der Waals surface area contributed by atoms with E-state index in [4.69, 9.17) is 4.42 Å². The van der Waals surface area contributed by atoms with Crippen LogP contribution in [0.3, 0.4) is 0 Å². The van der Waals surface area contributed by atoms with Gasteiger partial charge in [0.25, 0.3) is 0 Å². The summed E-state index contributed by atoms with van der Waals surface area (Å²) in [4.78, 5) is 0. The number of rotatable bonds is 4. The molecule has 210 valence electrons. The molecule has 8 aromatic carbocycles. The van der Waals surface area contributed by atoms with Gasteiger partial charge in [0, 0.05) is 10.8 Å². The average Bonchev–Trinajstić information content (AvgIpc) is 3.49. The number of hydrogen-bond donors (Lipinski definition) is 0. The Bertz CT molecular complexity index is 2460. The van der Waals surface area contributed by atoms with Crippen molar-refractivity contribution in [1.29, 1.82) is 0 Å². The molecule has 9 aromatic rings. The van der Waals surface area contributed by atoms with Gasteiger partial charge < -0.3 is 4.42 Å². The first kappa shape index (κ1) is 25.6. The zero-order chi connectivity index (χ0) is 29.7. The van der Waals surface area contributed by atoms with Crippen LogP contribution in [0, 0.1) is 0 Å². The highest BCUT2D eigenvalue weighted by Crippen LogP contribution is 2.45. The van der Waals surface area contributed by atoms with Crippen molar-refractivity contribution in [3.63, 3.8) is 0 Å². The summed E-state index contributed by atoms with van der Waals surface area (Å²) in [6.45, 7) is 0. The molecule has 0 aliphatic carbocycles. The Balaban J connectivity index is 1.24. The first-order valence-electron chi connectivity index (χ1n) is 15.4. The number of benzene rings is 8. The Labute approximate surface area is 261 Å². The van der Waals surface area contributed by atoms with Crippen LogP contribution >= 0.6 is 0 Å². The number of hydrogen-bond acceptors (Lipinski definition) is 1. The molecular formula is C44H28O. The van der Waals surface area contributed by atoms with E-state index < -0.39 is 0 Å². The molecule has 0 spiro atoms. The summed E-state index contributed by atoms with van der Waals surface area (Å²) in [6, 6.07) is 61.0. The van der Waals surface area contributed by atoms with Gasteiger partial charge in [-0.2, -0.15) is 0 Å². The highest BCUT2D eigenvalue weighted by Gasteiger charge is 2.18. The van der Waals surface area contributed by atoms with E-state index in [1.807, 2.05) is 12.1 Å². The third kappa shape index (κ3) is 4.17. The number of furan rings is 1. The van der Waals surface area contributed by atoms with E-state index in [0.29, 0.717) is 0 Å². The van der Waals surface area contributed by atoms with E-state index in [9.17, 15) is 0 Å². The third-order valence-electron chi connectivity index (χ3n) is 9.09. The van der Waals surface area contributed by atoms with Gasteiger partial charge in [-0.15, -0.1) is 0 Å². The van der Waals surface area contributed by atoms with Crippen LogP contribution in [0.15, 0.2) is 174 Å². The smallest absolute Gasteiger partial charge is 0.135 e. The monoisotopic (exact) mass is 572 g/mol. The largest absolute Gasteiger partial charge is 0.456 e. The summed E-state index contributed by atoms with van der Waals surface area (Å²) >= 11 is 0. The SMILES string of the molecule is c1ccc(-c2ccccc2-c2ccc(-c3c4ccccc4c(-c4ccc5oc6ccccc6c5c4)c4ccccc34)cc2)cc1. The average molecular weight is 573 g/mol. The highest BCUT2D eigenvalue weighted by atomic mass is 16.3. The molecule has 0 saturated heterocycles. The number of fused-ring (bicyclic) bond motifs is 5. The van der Waals surface area contributed by atoms with E-state index in [1.165, 1.54) is 66.1 Å². The lowest BCUT2D eigenvalue weighted by Gasteiger charge is -2.18. The second-order valence-electron chi connectivity index (χ2n) is 11.6. The van der Waals surface area contributed by atoms with Crippen LogP contribution < -0.4 is 0 Å². The van der Waals surface area contributed by atoms with Gasteiger partial charge >= 0.3 is 0 Å². The molecule has 0 atom stereocenters. The molecule has 0 bridgehead atoms. The van der Waals surface area contributed by atoms with Crippen molar-refractivity contribution >= 4 is 43.5 Å². The molecule has 0 N–H and O–H groups in total. The van der Waals surface area contributed by atoms with Crippen molar-refractivity contribution in [2.45, 2.75) is 0 Å². The maximum absolute atomic E-state index is 6.17. The Kier molecular flexibility index (Phi) is 5.89. The molecular weight excluding hydrogens is 544 g/mol. The highest BCUT2D eigenvalue weighted by molar-refractivity contribution is 6.22. The Hall–Kier alpha value is -5.92. The van der Waals surface area contributed by atoms with E-state index in [2.05, 4.69) is 158 Å². The molecule has 0 amide bonds. The molecule has 1 aromatic heterocycles. The van der Waals surface area contributed by atoms with Crippen molar-refractivity contribution < 1.29 is 4.42 Å². The maximum Gasteiger partial charge on any atom is 0.135 e. The molecule has 1 heterocycles. The molecule has 0 aliphatic rings. The molecule has 45 heavy (non-hydrogen) atoms. The fraction of sp³-hybridized carbons (Fsp3) is 0. The van der Waals surface area contributed by atoms with Gasteiger partial charge in [0.05, 0.1) is 0 Å². The molecule has 0 aliphatic heterocycles. The first-order valence-corrected chi connectivity index (χ1v) is 15.4. The molecule has 0 unspecified atom stereocenters. The van der Waals surface area contributed by atoms with Crippen molar-refractivity contribution in [1.82, 2.24) is 0 Å². The normalized spacial score (nSPS) is 11.6. The Morgan fingerprint density at radius 3 is 1.31 bits per heavy atom. The fourth-order valence-electron chi connectivity index (χ4n) is 7.05. The van der Waals surface area contributed by atoms with E-state index >= 15 is 0 Å². The van der Waals surface area contributed by atoms with Crippen LogP contribution in [0.5, 0.6) is 0 Å². The summed E-state index contributed by atoms with van der Waals surface area (Å²) in [7, 11) is 0. The van der Waals surface area contributed by atoms with Gasteiger partial charge in [0.1, 0.15) is 11.2 Å². The van der Waals surface area contributed by atoms with Gasteiger partial charge in [-0.05, 0) is 84.3 Å². The van der Waals surface area contributed by atoms with Gasteiger partial charge in [-0.25, -0.2) is 0 Å². The molecule has 9 rings (SSSR count). The minimum Gasteiger partial charge on any atom is -0.456 e. The summed E-state index contributed by atoms with van der Waals surface area (Å²) in [5, 5.41) is 7.29. The van der Waals surface area contributed by atoms with Crippen LogP contribution in [-0.4, -0.2) is 0 Å². The fourth-order valence-corrected chi connectivity index (χ4v) is 7.05. The second-order valence-corrected chi connectivity index (χ2v) is 11.6. The van der Waals surface area contributed by atoms with Crippen LogP contribution in [0.1, 0.15) is 0 Å². The van der Waals surface area contributed by atoms with Crippen LogP contribution in [0.4, 0.5) is 0 Å². The van der Waals surface area contributed by atoms with Crippen LogP contribution in [-0.2, 0) is 0 Å². The summed E-state index contributed by atoms with van der Waals surface area (Å²) in [5.74, 6) is 0. The Morgan fingerprint density at radius 2 is 0.689 bits per heavy atom. The summed E-state index contributed by atoms with van der Waals surface area (Å²) in [5.41, 5.74) is 11.7. The van der Waals surface area contributed by atoms with Gasteiger partial charge in [0.2, 0.25) is 0 Å². The zero-order valence-electron chi connectivity index (χ0n) is 24.6. The standard InChI is InChI=1S/C44H28O/c1-2-12-29(13-3-1)33-14-4-5-15-34(33)30-22-24-31(25-23-30)43-36-17-6-8-19-38(36)44(39-20-9-7-18-37(39)43)32-26-27-42-40(28-32)35-16-10-11-21-41(35)45-42/h1-28H. The van der Waals surface area contributed by atoms with Crippen molar-refractivity contribution in [2.75, 3.05) is 0 Å². The number of para-hydroxylation sites is 1. The van der Waals surface area contributed by atoms with Crippen molar-refractivity contribution in [3.05, 3.63) is 170 Å². The quantitative estimate of drug-likeness (QED) is 0.191. The van der Waals surface area contributed by atoms with Crippen LogP contribution in [0.25, 0.3) is 88.0 Å². The predicted molar refractivity (Wildman–Crippen MR) is 190 cm³/mol. The zero-order valence-corrected chi connectivity index (χ0v) is 24.6. The molecule has 1 nitrogen and oxygen atoms in total. The van der Waals surface area contributed by atoms with E-state index in [1.54, 1.807) is 0 Å². The lowest BCUT2D eigenvalue weighted by Crippen LogP contribution is -1.91. The third-order valence-corrected chi connectivity index (χ3v) is 9.09. The summed E-state index contributed by atoms with van der Waals surface area (Å²) < 4.78 is 6.17. The lowest BCUT2D eigenvalue weighted by atomic mass is 9.85. The predicted octanol–water partition coefficient (Wildman–Crippen LogP) is 12.6. The van der Waals surface area contributed by atoms with E-state index in [0.717, 1.165) is 21.9 Å². The topological polar surface area (TPSA) is 13.1 Å². The second kappa shape index (κ2) is 10.4. The van der Waals surface area contributed by atoms with Crippen molar-refractivity contribution in [2.24, 2.45) is 0 Å². The molecule has 0 saturated carbocycles. The molecule has 1 heteroatoms. The van der Waals surface area contributed by atoms with Gasteiger partial charge in [0.15, 0.2) is 0 Å². The van der Waals surface area contributed by atoms with Gasteiger partial charge in [-0.1, -0.05) is 152 Å². The minimum absolute atomic E-state index is 0.916. The Morgan fingerprint density at radius 1 is 0.267 bits per heavy atom. The van der Waals surface area contributed by atoms with Gasteiger partial charge in [-0.3, -0.25) is 0 Å².